The van der Waals surface area contributed by atoms with Crippen LogP contribution in [0.15, 0.2) is 0 Å². The summed E-state index contributed by atoms with van der Waals surface area (Å²) >= 11 is 5.89. The van der Waals surface area contributed by atoms with Gasteiger partial charge in [0.05, 0.1) is 0 Å². The zero-order valence-corrected chi connectivity index (χ0v) is 7.85. The van der Waals surface area contributed by atoms with E-state index in [4.69, 9.17) is 11.6 Å². The average Bonchev–Trinajstić information content (AvgIpc) is 2.02. The van der Waals surface area contributed by atoms with Crippen molar-refractivity contribution < 1.29 is 4.79 Å². The number of rotatable bonds is 0. The number of nitrogens with one attached hydrogen (secondary N) is 1. The second kappa shape index (κ2) is 2.96. The Labute approximate surface area is 80.3 Å². The molecule has 0 fully saturated rings. The molecule has 68 valence electrons. The first-order chi connectivity index (χ1) is 6.16. The van der Waals surface area contributed by atoms with Crippen LogP contribution < -0.4 is 5.32 Å². The molecule has 0 unspecified atom stereocenters. The van der Waals surface area contributed by atoms with Gasteiger partial charge in [-0.15, -0.1) is 0 Å². The fraction of sp³-hybridized carbons (Fsp3) is 0.375. The van der Waals surface area contributed by atoms with E-state index in [-0.39, 0.29) is 5.91 Å². The summed E-state index contributed by atoms with van der Waals surface area (Å²) in [7, 11) is 0. The third-order valence-electron chi connectivity index (χ3n) is 1.93. The minimum atomic E-state index is -0.0123. The summed E-state index contributed by atoms with van der Waals surface area (Å²) in [5, 5.41) is 3.11. The summed E-state index contributed by atoms with van der Waals surface area (Å²) < 4.78 is 0. The maximum absolute atomic E-state index is 11.0. The van der Waals surface area contributed by atoms with Gasteiger partial charge in [-0.3, -0.25) is 4.79 Å². The third kappa shape index (κ3) is 1.49. The number of carbonyl (C=O) groups is 1. The Morgan fingerprint density at radius 3 is 2.92 bits per heavy atom. The van der Waals surface area contributed by atoms with Gasteiger partial charge in [-0.25, -0.2) is 9.97 Å². The lowest BCUT2D eigenvalue weighted by Gasteiger charge is -2.16. The van der Waals surface area contributed by atoms with Crippen LogP contribution in [-0.2, 0) is 11.2 Å². The molecule has 0 bridgehead atoms. The lowest BCUT2D eigenvalue weighted by Crippen LogP contribution is -2.21. The number of carbonyl (C=O) groups excluding carboxylic acids is 1. The normalized spacial score (nSPS) is 15.1. The molecule has 1 amide bonds. The summed E-state index contributed by atoms with van der Waals surface area (Å²) in [5.41, 5.74) is 0.840. The second-order valence-electron chi connectivity index (χ2n) is 2.94. The smallest absolute Gasteiger partial charge is 0.225 e. The van der Waals surface area contributed by atoms with Gasteiger partial charge in [-0.05, 0) is 13.3 Å². The van der Waals surface area contributed by atoms with Crippen LogP contribution in [0.25, 0.3) is 0 Å². The van der Waals surface area contributed by atoms with E-state index < -0.39 is 0 Å². The van der Waals surface area contributed by atoms with Crippen molar-refractivity contribution in [2.24, 2.45) is 0 Å². The first kappa shape index (κ1) is 8.44. The molecule has 0 saturated heterocycles. The van der Waals surface area contributed by atoms with Gasteiger partial charge in [0.1, 0.15) is 16.8 Å². The van der Waals surface area contributed by atoms with Gasteiger partial charge in [0.15, 0.2) is 0 Å². The van der Waals surface area contributed by atoms with Crippen molar-refractivity contribution in [2.75, 3.05) is 5.32 Å². The highest BCUT2D eigenvalue weighted by atomic mass is 35.5. The maximum Gasteiger partial charge on any atom is 0.225 e. The average molecular weight is 198 g/mol. The largest absolute Gasteiger partial charge is 0.310 e. The summed E-state index contributed by atoms with van der Waals surface area (Å²) in [6.45, 7) is 1.74. The van der Waals surface area contributed by atoms with E-state index in [1.807, 2.05) is 0 Å². The molecular weight excluding hydrogens is 190 g/mol. The van der Waals surface area contributed by atoms with Crippen molar-refractivity contribution in [3.63, 3.8) is 0 Å². The van der Waals surface area contributed by atoms with Crippen LogP contribution in [0.4, 0.5) is 5.82 Å². The van der Waals surface area contributed by atoms with Crippen LogP contribution in [0.3, 0.4) is 0 Å². The Kier molecular flexibility index (Phi) is 1.92. The van der Waals surface area contributed by atoms with Crippen molar-refractivity contribution in [2.45, 2.75) is 19.8 Å². The van der Waals surface area contributed by atoms with Gasteiger partial charge in [0.25, 0.3) is 0 Å². The van der Waals surface area contributed by atoms with Gasteiger partial charge >= 0.3 is 0 Å². The third-order valence-corrected chi connectivity index (χ3v) is 2.24. The Hall–Kier alpha value is -1.16. The Morgan fingerprint density at radius 1 is 1.38 bits per heavy atom. The second-order valence-corrected chi connectivity index (χ2v) is 3.29. The number of hydrogen-bond acceptors (Lipinski definition) is 3. The molecule has 0 aromatic carbocycles. The number of aromatic nitrogens is 2. The van der Waals surface area contributed by atoms with Crippen molar-refractivity contribution in [1.29, 1.82) is 0 Å². The molecule has 1 N–H and O–H groups in total. The number of anilines is 1. The van der Waals surface area contributed by atoms with Crippen LogP contribution in [-0.4, -0.2) is 15.9 Å². The van der Waals surface area contributed by atoms with E-state index in [0.29, 0.717) is 29.6 Å². The van der Waals surface area contributed by atoms with E-state index >= 15 is 0 Å². The van der Waals surface area contributed by atoms with E-state index in [2.05, 4.69) is 15.3 Å². The molecule has 1 aromatic rings. The summed E-state index contributed by atoms with van der Waals surface area (Å²) in [6.07, 6.45) is 1.08. The number of hydrogen-bond donors (Lipinski definition) is 1. The van der Waals surface area contributed by atoms with Gasteiger partial charge in [-0.1, -0.05) is 11.6 Å². The molecule has 2 heterocycles. The van der Waals surface area contributed by atoms with E-state index in [1.165, 1.54) is 0 Å². The number of halogens is 1. The van der Waals surface area contributed by atoms with Crippen LogP contribution in [0.5, 0.6) is 0 Å². The van der Waals surface area contributed by atoms with E-state index in [1.54, 1.807) is 6.92 Å². The van der Waals surface area contributed by atoms with Crippen molar-refractivity contribution in [1.82, 2.24) is 9.97 Å². The number of amides is 1. The Balaban J connectivity index is 2.53. The first-order valence-corrected chi connectivity index (χ1v) is 4.37. The predicted molar refractivity (Wildman–Crippen MR) is 48.7 cm³/mol. The summed E-state index contributed by atoms with van der Waals surface area (Å²) in [6, 6.07) is 0. The van der Waals surface area contributed by atoms with Gasteiger partial charge < -0.3 is 5.32 Å². The van der Waals surface area contributed by atoms with Crippen molar-refractivity contribution >= 4 is 23.3 Å². The van der Waals surface area contributed by atoms with Crippen molar-refractivity contribution in [3.8, 4) is 0 Å². The zero-order chi connectivity index (χ0) is 9.42. The molecule has 5 heteroatoms. The topological polar surface area (TPSA) is 54.9 Å². The molecule has 0 radical (unpaired) electrons. The SMILES string of the molecule is Cc1nc(Cl)c2c(n1)NC(=O)CC2. The molecule has 0 atom stereocenters. The van der Waals surface area contributed by atoms with Crippen molar-refractivity contribution in [3.05, 3.63) is 16.5 Å². The molecule has 13 heavy (non-hydrogen) atoms. The van der Waals surface area contributed by atoms with Crippen LogP contribution in [0, 0.1) is 6.92 Å². The highest BCUT2D eigenvalue weighted by molar-refractivity contribution is 6.30. The molecular formula is C8H8ClN3O. The van der Waals surface area contributed by atoms with Crippen LogP contribution in [0.1, 0.15) is 17.8 Å². The quantitative estimate of drug-likeness (QED) is 0.639. The van der Waals surface area contributed by atoms with Gasteiger partial charge in [0.2, 0.25) is 5.91 Å². The lowest BCUT2D eigenvalue weighted by molar-refractivity contribution is -0.116. The number of fused-ring (bicyclic) bond motifs is 1. The fourth-order valence-electron chi connectivity index (χ4n) is 1.32. The fourth-order valence-corrected chi connectivity index (χ4v) is 1.63. The number of nitrogens with zero attached hydrogens (tertiary/aromatic N) is 2. The molecule has 0 saturated carbocycles. The molecule has 0 aliphatic carbocycles. The maximum atomic E-state index is 11.0. The molecule has 1 aliphatic heterocycles. The monoisotopic (exact) mass is 197 g/mol. The van der Waals surface area contributed by atoms with E-state index in [9.17, 15) is 4.79 Å². The molecule has 1 aliphatic rings. The van der Waals surface area contributed by atoms with Gasteiger partial charge in [0, 0.05) is 12.0 Å². The standard InChI is InChI=1S/C8H8ClN3O/c1-4-10-7(9)5-2-3-6(13)12-8(5)11-4/h2-3H2,1H3,(H,10,11,12,13). The predicted octanol–water partition coefficient (Wildman–Crippen LogP) is 1.32. The highest BCUT2D eigenvalue weighted by Gasteiger charge is 2.19. The first-order valence-electron chi connectivity index (χ1n) is 3.99. The Bertz CT molecular complexity index is 378. The lowest BCUT2D eigenvalue weighted by atomic mass is 10.1. The molecule has 4 nitrogen and oxygen atoms in total. The van der Waals surface area contributed by atoms with Crippen LogP contribution in [0.2, 0.25) is 5.15 Å². The molecule has 1 aromatic heterocycles. The van der Waals surface area contributed by atoms with Gasteiger partial charge in [-0.2, -0.15) is 0 Å². The van der Waals surface area contributed by atoms with Crippen LogP contribution >= 0.6 is 11.6 Å². The summed E-state index contributed by atoms with van der Waals surface area (Å²) in [5.74, 6) is 1.13. The minimum Gasteiger partial charge on any atom is -0.310 e. The molecule has 2 rings (SSSR count). The summed E-state index contributed by atoms with van der Waals surface area (Å²) in [4.78, 5) is 19.1. The molecule has 0 spiro atoms. The number of aryl methyl sites for hydroxylation is 1. The zero-order valence-electron chi connectivity index (χ0n) is 7.09. The Morgan fingerprint density at radius 2 is 2.15 bits per heavy atom. The highest BCUT2D eigenvalue weighted by Crippen LogP contribution is 2.25. The minimum absolute atomic E-state index is 0.0123. The van der Waals surface area contributed by atoms with E-state index in [0.717, 1.165) is 5.56 Å².